The predicted octanol–water partition coefficient (Wildman–Crippen LogP) is 2.64. The molecule has 1 amide bonds. The Morgan fingerprint density at radius 1 is 1.04 bits per heavy atom. The van der Waals surface area contributed by atoms with Crippen LogP contribution in [0.25, 0.3) is 10.8 Å². The first-order valence-corrected chi connectivity index (χ1v) is 9.56. The number of hydrogen-bond acceptors (Lipinski definition) is 4. The van der Waals surface area contributed by atoms with Crippen LogP contribution in [0.4, 0.5) is 5.82 Å². The number of benzene rings is 1. The monoisotopic (exact) mass is 363 g/mol. The number of anilines is 1. The van der Waals surface area contributed by atoms with E-state index in [-0.39, 0.29) is 5.91 Å². The maximum atomic E-state index is 12.7. The Balaban J connectivity index is 1.41. The summed E-state index contributed by atoms with van der Waals surface area (Å²) in [5.74, 6) is 1.25. The van der Waals surface area contributed by atoms with E-state index in [4.69, 9.17) is 0 Å². The van der Waals surface area contributed by atoms with Crippen LogP contribution in [-0.4, -0.2) is 51.8 Å². The van der Waals surface area contributed by atoms with Gasteiger partial charge in [0.25, 0.3) is 0 Å². The van der Waals surface area contributed by atoms with Crippen molar-refractivity contribution >= 4 is 22.5 Å². The molecule has 6 heteroatoms. The maximum Gasteiger partial charge on any atom is 0.223 e. The molecular weight excluding hydrogens is 338 g/mol. The number of rotatable bonds is 4. The predicted molar refractivity (Wildman–Crippen MR) is 107 cm³/mol. The molecule has 1 fully saturated rings. The quantitative estimate of drug-likeness (QED) is 0.715. The molecule has 2 aromatic heterocycles. The van der Waals surface area contributed by atoms with Crippen LogP contribution in [0.2, 0.25) is 0 Å². The fraction of sp³-hybridized carbons (Fsp3) is 0.381. The largest absolute Gasteiger partial charge is 0.354 e. The van der Waals surface area contributed by atoms with Gasteiger partial charge in [0, 0.05) is 63.1 Å². The Morgan fingerprint density at radius 3 is 2.78 bits per heavy atom. The van der Waals surface area contributed by atoms with E-state index in [2.05, 4.69) is 39.2 Å². The first kappa shape index (κ1) is 17.5. The van der Waals surface area contributed by atoms with Gasteiger partial charge in [-0.25, -0.2) is 4.98 Å². The summed E-state index contributed by atoms with van der Waals surface area (Å²) in [6, 6.07) is 12.4. The molecule has 0 aliphatic carbocycles. The van der Waals surface area contributed by atoms with Crippen molar-refractivity contribution in [2.45, 2.75) is 19.3 Å². The van der Waals surface area contributed by atoms with Gasteiger partial charge in [0.2, 0.25) is 5.91 Å². The van der Waals surface area contributed by atoms with E-state index < -0.39 is 0 Å². The summed E-state index contributed by atoms with van der Waals surface area (Å²) in [4.78, 5) is 21.6. The van der Waals surface area contributed by atoms with Crippen molar-refractivity contribution in [2.75, 3.05) is 31.1 Å². The molecule has 4 rings (SSSR count). The van der Waals surface area contributed by atoms with Gasteiger partial charge in [-0.1, -0.05) is 24.3 Å². The molecule has 1 saturated heterocycles. The molecule has 0 saturated carbocycles. The number of aryl methyl sites for hydroxylation is 2. The third kappa shape index (κ3) is 3.79. The summed E-state index contributed by atoms with van der Waals surface area (Å²) in [7, 11) is 1.92. The average molecular weight is 363 g/mol. The van der Waals surface area contributed by atoms with Crippen molar-refractivity contribution in [3.63, 3.8) is 0 Å². The summed E-state index contributed by atoms with van der Waals surface area (Å²) in [6.45, 7) is 3.30. The van der Waals surface area contributed by atoms with E-state index in [9.17, 15) is 4.79 Å². The zero-order valence-electron chi connectivity index (χ0n) is 15.7. The highest BCUT2D eigenvalue weighted by Crippen LogP contribution is 2.25. The Labute approximate surface area is 159 Å². The number of pyridine rings is 1. The van der Waals surface area contributed by atoms with Crippen LogP contribution in [0.1, 0.15) is 18.5 Å². The number of nitrogens with zero attached hydrogens (tertiary/aromatic N) is 5. The second-order valence-corrected chi connectivity index (χ2v) is 7.02. The van der Waals surface area contributed by atoms with Crippen molar-refractivity contribution in [2.24, 2.45) is 7.05 Å². The Kier molecular flexibility index (Phi) is 5.05. The number of hydrogen-bond donors (Lipinski definition) is 0. The lowest BCUT2D eigenvalue weighted by atomic mass is 10.1. The number of carbonyl (C=O) groups is 1. The van der Waals surface area contributed by atoms with Gasteiger partial charge >= 0.3 is 0 Å². The lowest BCUT2D eigenvalue weighted by Crippen LogP contribution is -2.35. The SMILES string of the molecule is Cn1nccc1CCC(=O)N1CCCN(c2nccc3ccccc23)CC1. The highest BCUT2D eigenvalue weighted by atomic mass is 16.2. The normalized spacial score (nSPS) is 15.1. The van der Waals surface area contributed by atoms with E-state index in [0.29, 0.717) is 6.42 Å². The number of fused-ring (bicyclic) bond motifs is 1. The first-order chi connectivity index (χ1) is 13.2. The van der Waals surface area contributed by atoms with Crippen LogP contribution in [0.5, 0.6) is 0 Å². The van der Waals surface area contributed by atoms with E-state index in [1.165, 1.54) is 10.8 Å². The lowest BCUT2D eigenvalue weighted by molar-refractivity contribution is -0.130. The van der Waals surface area contributed by atoms with Crippen LogP contribution in [0.15, 0.2) is 48.8 Å². The third-order valence-electron chi connectivity index (χ3n) is 5.32. The van der Waals surface area contributed by atoms with Crippen LogP contribution >= 0.6 is 0 Å². The summed E-state index contributed by atoms with van der Waals surface area (Å²) < 4.78 is 1.84. The number of carbonyl (C=O) groups excluding carboxylic acids is 1. The molecule has 1 aromatic carbocycles. The van der Waals surface area contributed by atoms with E-state index in [1.807, 2.05) is 35.0 Å². The molecule has 1 aliphatic rings. The van der Waals surface area contributed by atoms with Gasteiger partial charge in [-0.15, -0.1) is 0 Å². The van der Waals surface area contributed by atoms with E-state index >= 15 is 0 Å². The van der Waals surface area contributed by atoms with Gasteiger partial charge in [-0.3, -0.25) is 9.48 Å². The number of amides is 1. The lowest BCUT2D eigenvalue weighted by Gasteiger charge is -2.24. The van der Waals surface area contributed by atoms with Gasteiger partial charge in [-0.2, -0.15) is 5.10 Å². The van der Waals surface area contributed by atoms with Crippen molar-refractivity contribution in [1.82, 2.24) is 19.7 Å². The first-order valence-electron chi connectivity index (χ1n) is 9.56. The molecule has 0 N–H and O–H groups in total. The standard InChI is InChI=1S/C21H25N5O/c1-24-18(10-12-23-24)7-8-20(27)25-13-4-14-26(16-15-25)21-19-6-3-2-5-17(19)9-11-22-21/h2-3,5-6,9-12H,4,7-8,13-16H2,1H3. The molecule has 140 valence electrons. The average Bonchev–Trinajstić information content (AvgIpc) is 2.96. The summed E-state index contributed by atoms with van der Waals surface area (Å²) in [6.07, 6.45) is 5.88. The van der Waals surface area contributed by atoms with Gasteiger partial charge in [0.05, 0.1) is 0 Å². The van der Waals surface area contributed by atoms with Gasteiger partial charge in [0.1, 0.15) is 5.82 Å². The summed E-state index contributed by atoms with van der Waals surface area (Å²) >= 11 is 0. The Hall–Kier alpha value is -2.89. The smallest absolute Gasteiger partial charge is 0.223 e. The van der Waals surface area contributed by atoms with Gasteiger partial charge in [0.15, 0.2) is 0 Å². The van der Waals surface area contributed by atoms with Crippen LogP contribution < -0.4 is 4.90 Å². The molecule has 0 bridgehead atoms. The van der Waals surface area contributed by atoms with Gasteiger partial charge in [-0.05, 0) is 30.4 Å². The second kappa shape index (κ2) is 7.78. The van der Waals surface area contributed by atoms with Crippen molar-refractivity contribution in [3.8, 4) is 0 Å². The van der Waals surface area contributed by atoms with Crippen LogP contribution in [-0.2, 0) is 18.3 Å². The third-order valence-corrected chi connectivity index (χ3v) is 5.32. The fourth-order valence-corrected chi connectivity index (χ4v) is 3.77. The molecule has 0 atom stereocenters. The second-order valence-electron chi connectivity index (χ2n) is 7.02. The molecule has 0 radical (unpaired) electrons. The minimum absolute atomic E-state index is 0.226. The minimum Gasteiger partial charge on any atom is -0.354 e. The van der Waals surface area contributed by atoms with Crippen LogP contribution in [0.3, 0.4) is 0 Å². The Bertz CT molecular complexity index is 930. The zero-order valence-corrected chi connectivity index (χ0v) is 15.7. The molecule has 3 heterocycles. The highest BCUT2D eigenvalue weighted by Gasteiger charge is 2.21. The van der Waals surface area contributed by atoms with Crippen LogP contribution in [0, 0.1) is 0 Å². The molecular formula is C21H25N5O. The molecule has 0 unspecified atom stereocenters. The van der Waals surface area contributed by atoms with Crippen molar-refractivity contribution < 1.29 is 4.79 Å². The molecule has 6 nitrogen and oxygen atoms in total. The van der Waals surface area contributed by atoms with Crippen molar-refractivity contribution in [3.05, 3.63) is 54.5 Å². The maximum absolute atomic E-state index is 12.7. The Morgan fingerprint density at radius 2 is 1.93 bits per heavy atom. The van der Waals surface area contributed by atoms with E-state index in [0.717, 1.165) is 50.5 Å². The minimum atomic E-state index is 0.226. The molecule has 3 aromatic rings. The van der Waals surface area contributed by atoms with Gasteiger partial charge < -0.3 is 9.80 Å². The topological polar surface area (TPSA) is 54.3 Å². The molecule has 27 heavy (non-hydrogen) atoms. The van der Waals surface area contributed by atoms with Crippen molar-refractivity contribution in [1.29, 1.82) is 0 Å². The zero-order chi connectivity index (χ0) is 18.6. The van der Waals surface area contributed by atoms with E-state index in [1.54, 1.807) is 6.20 Å². The highest BCUT2D eigenvalue weighted by molar-refractivity contribution is 5.92. The molecule has 0 spiro atoms. The molecule has 1 aliphatic heterocycles. The summed E-state index contributed by atoms with van der Waals surface area (Å²) in [5, 5.41) is 6.55. The summed E-state index contributed by atoms with van der Waals surface area (Å²) in [5.41, 5.74) is 1.10. The number of aromatic nitrogens is 3. The fourth-order valence-electron chi connectivity index (χ4n) is 3.77.